The zero-order valence-corrected chi connectivity index (χ0v) is 9.39. The third-order valence-corrected chi connectivity index (χ3v) is 2.43. The van der Waals surface area contributed by atoms with E-state index in [0.29, 0.717) is 0 Å². The second kappa shape index (κ2) is 5.19. The summed E-state index contributed by atoms with van der Waals surface area (Å²) >= 11 is 3.45. The van der Waals surface area contributed by atoms with Crippen LogP contribution < -0.4 is 10.1 Å². The molecule has 0 aliphatic heterocycles. The molecule has 0 fully saturated rings. The lowest BCUT2D eigenvalue weighted by atomic mass is 10.2. The third kappa shape index (κ3) is 2.97. The van der Waals surface area contributed by atoms with Crippen molar-refractivity contribution in [2.75, 3.05) is 20.7 Å². The van der Waals surface area contributed by atoms with Crippen LogP contribution in [0.1, 0.15) is 5.69 Å². The van der Waals surface area contributed by atoms with Gasteiger partial charge in [0.1, 0.15) is 5.75 Å². The predicted molar refractivity (Wildman–Crippen MR) is 56.1 cm³/mol. The lowest BCUT2D eigenvalue weighted by Gasteiger charge is -2.05. The molecule has 0 radical (unpaired) electrons. The summed E-state index contributed by atoms with van der Waals surface area (Å²) in [6, 6.07) is 1.93. The van der Waals surface area contributed by atoms with Gasteiger partial charge in [-0.15, -0.1) is 0 Å². The summed E-state index contributed by atoms with van der Waals surface area (Å²) in [5, 5.41) is 3.08. The van der Waals surface area contributed by atoms with Crippen LogP contribution in [-0.4, -0.2) is 25.7 Å². The van der Waals surface area contributed by atoms with Gasteiger partial charge in [-0.1, -0.05) is 0 Å². The normalized spacial score (nSPS) is 10.1. The Kier molecular flexibility index (Phi) is 4.18. The van der Waals surface area contributed by atoms with Gasteiger partial charge in [-0.05, 0) is 29.0 Å². The maximum Gasteiger partial charge on any atom is 0.138 e. The SMILES string of the molecule is CNCCc1ncc(OC)cc1Br. The molecule has 1 aromatic heterocycles. The molecule has 72 valence electrons. The van der Waals surface area contributed by atoms with Crippen LogP contribution in [0.2, 0.25) is 0 Å². The molecular formula is C9H13BrN2O. The minimum atomic E-state index is 0.778. The standard InChI is InChI=1S/C9H13BrN2O/c1-11-4-3-9-8(10)5-7(13-2)6-12-9/h5-6,11H,3-4H2,1-2H3. The average molecular weight is 245 g/mol. The Balaban J connectivity index is 2.73. The van der Waals surface area contributed by atoms with Crippen LogP contribution in [0.3, 0.4) is 0 Å². The summed E-state index contributed by atoms with van der Waals surface area (Å²) in [6.07, 6.45) is 2.65. The molecule has 0 atom stereocenters. The number of halogens is 1. The van der Waals surface area contributed by atoms with Crippen molar-refractivity contribution in [2.45, 2.75) is 6.42 Å². The highest BCUT2D eigenvalue weighted by molar-refractivity contribution is 9.10. The molecule has 1 aromatic rings. The molecular weight excluding hydrogens is 232 g/mol. The first-order chi connectivity index (χ1) is 6.27. The van der Waals surface area contributed by atoms with Crippen molar-refractivity contribution >= 4 is 15.9 Å². The van der Waals surface area contributed by atoms with Gasteiger partial charge in [0.15, 0.2) is 0 Å². The number of nitrogens with zero attached hydrogens (tertiary/aromatic N) is 1. The molecule has 0 bridgehead atoms. The monoisotopic (exact) mass is 244 g/mol. The van der Waals surface area contributed by atoms with Gasteiger partial charge in [0.25, 0.3) is 0 Å². The molecule has 0 aliphatic carbocycles. The summed E-state index contributed by atoms with van der Waals surface area (Å²) < 4.78 is 6.05. The van der Waals surface area contributed by atoms with Crippen molar-refractivity contribution in [1.82, 2.24) is 10.3 Å². The second-order valence-corrected chi connectivity index (χ2v) is 3.51. The predicted octanol–water partition coefficient (Wildman–Crippen LogP) is 1.61. The molecule has 0 unspecified atom stereocenters. The number of aromatic nitrogens is 1. The highest BCUT2D eigenvalue weighted by Crippen LogP contribution is 2.20. The lowest BCUT2D eigenvalue weighted by Crippen LogP contribution is -2.11. The van der Waals surface area contributed by atoms with Crippen LogP contribution >= 0.6 is 15.9 Å². The van der Waals surface area contributed by atoms with Gasteiger partial charge in [0.05, 0.1) is 19.0 Å². The van der Waals surface area contributed by atoms with E-state index in [0.717, 1.165) is 28.9 Å². The van der Waals surface area contributed by atoms with Gasteiger partial charge >= 0.3 is 0 Å². The molecule has 3 nitrogen and oxygen atoms in total. The molecule has 0 spiro atoms. The van der Waals surface area contributed by atoms with E-state index in [2.05, 4.69) is 26.2 Å². The summed E-state index contributed by atoms with van der Waals surface area (Å²) in [4.78, 5) is 4.27. The van der Waals surface area contributed by atoms with E-state index in [1.807, 2.05) is 13.1 Å². The lowest BCUT2D eigenvalue weighted by molar-refractivity contribution is 0.412. The van der Waals surface area contributed by atoms with E-state index in [1.54, 1.807) is 13.3 Å². The van der Waals surface area contributed by atoms with Crippen LogP contribution in [0.25, 0.3) is 0 Å². The fourth-order valence-corrected chi connectivity index (χ4v) is 1.51. The van der Waals surface area contributed by atoms with Crippen molar-refractivity contribution in [3.05, 3.63) is 22.4 Å². The van der Waals surface area contributed by atoms with E-state index >= 15 is 0 Å². The molecule has 1 N–H and O–H groups in total. The quantitative estimate of drug-likeness (QED) is 0.875. The molecule has 0 amide bonds. The summed E-state index contributed by atoms with van der Waals surface area (Å²) in [5.41, 5.74) is 1.05. The topological polar surface area (TPSA) is 34.2 Å². The molecule has 1 heterocycles. The number of hydrogen-bond acceptors (Lipinski definition) is 3. The van der Waals surface area contributed by atoms with Gasteiger partial charge in [0.2, 0.25) is 0 Å². The number of hydrogen-bond donors (Lipinski definition) is 1. The van der Waals surface area contributed by atoms with E-state index in [9.17, 15) is 0 Å². The van der Waals surface area contributed by atoms with E-state index in [1.165, 1.54) is 0 Å². The van der Waals surface area contributed by atoms with Crippen molar-refractivity contribution < 1.29 is 4.74 Å². The van der Waals surface area contributed by atoms with Gasteiger partial charge in [-0.3, -0.25) is 4.98 Å². The Labute approximate surface area is 86.6 Å². The molecule has 1 rings (SSSR count). The highest BCUT2D eigenvalue weighted by Gasteiger charge is 2.02. The van der Waals surface area contributed by atoms with Crippen molar-refractivity contribution in [3.63, 3.8) is 0 Å². The summed E-state index contributed by atoms with van der Waals surface area (Å²) in [6.45, 7) is 0.929. The number of methoxy groups -OCH3 is 1. The molecule has 13 heavy (non-hydrogen) atoms. The fourth-order valence-electron chi connectivity index (χ4n) is 0.988. The molecule has 4 heteroatoms. The Bertz CT molecular complexity index is 278. The van der Waals surface area contributed by atoms with Crippen molar-refractivity contribution in [2.24, 2.45) is 0 Å². The smallest absolute Gasteiger partial charge is 0.138 e. The zero-order valence-electron chi connectivity index (χ0n) is 7.80. The number of nitrogens with one attached hydrogen (secondary N) is 1. The third-order valence-electron chi connectivity index (χ3n) is 1.74. The molecule has 0 saturated carbocycles. The molecule has 0 aromatic carbocycles. The molecule has 0 aliphatic rings. The highest BCUT2D eigenvalue weighted by atomic mass is 79.9. The minimum absolute atomic E-state index is 0.778. The largest absolute Gasteiger partial charge is 0.495 e. The van der Waals surface area contributed by atoms with Crippen molar-refractivity contribution in [3.8, 4) is 5.75 Å². The Morgan fingerprint density at radius 2 is 2.38 bits per heavy atom. The van der Waals surface area contributed by atoms with Crippen LogP contribution in [0.15, 0.2) is 16.7 Å². The molecule has 0 saturated heterocycles. The summed E-state index contributed by atoms with van der Waals surface area (Å²) in [5.74, 6) is 0.778. The summed E-state index contributed by atoms with van der Waals surface area (Å²) in [7, 11) is 3.56. The number of rotatable bonds is 4. The fraction of sp³-hybridized carbons (Fsp3) is 0.444. The van der Waals surface area contributed by atoms with Crippen LogP contribution in [0.5, 0.6) is 5.75 Å². The first-order valence-electron chi connectivity index (χ1n) is 4.11. The first-order valence-corrected chi connectivity index (χ1v) is 4.90. The maximum absolute atomic E-state index is 5.05. The van der Waals surface area contributed by atoms with Gasteiger partial charge < -0.3 is 10.1 Å². The Morgan fingerprint density at radius 1 is 1.62 bits per heavy atom. The maximum atomic E-state index is 5.05. The van der Waals surface area contributed by atoms with Gasteiger partial charge in [-0.25, -0.2) is 0 Å². The number of ether oxygens (including phenoxy) is 1. The Hall–Kier alpha value is -0.610. The number of likely N-dealkylation sites (N-methyl/N-ethyl adjacent to an activating group) is 1. The first kappa shape index (κ1) is 10.5. The van der Waals surface area contributed by atoms with Crippen LogP contribution in [0.4, 0.5) is 0 Å². The average Bonchev–Trinajstić information content (AvgIpc) is 2.16. The minimum Gasteiger partial charge on any atom is -0.495 e. The van der Waals surface area contributed by atoms with Gasteiger partial charge in [0, 0.05) is 17.4 Å². The van der Waals surface area contributed by atoms with Crippen LogP contribution in [-0.2, 0) is 6.42 Å². The van der Waals surface area contributed by atoms with Crippen molar-refractivity contribution in [1.29, 1.82) is 0 Å². The van der Waals surface area contributed by atoms with Gasteiger partial charge in [-0.2, -0.15) is 0 Å². The number of pyridine rings is 1. The van der Waals surface area contributed by atoms with E-state index in [4.69, 9.17) is 4.74 Å². The second-order valence-electron chi connectivity index (χ2n) is 2.66. The van der Waals surface area contributed by atoms with E-state index in [-0.39, 0.29) is 0 Å². The zero-order chi connectivity index (χ0) is 9.68. The van der Waals surface area contributed by atoms with Crippen LogP contribution in [0, 0.1) is 0 Å². The van der Waals surface area contributed by atoms with E-state index < -0.39 is 0 Å². The Morgan fingerprint density at radius 3 is 2.92 bits per heavy atom.